The molecule has 0 saturated heterocycles. The molecule has 64 valence electrons. The molecule has 0 bridgehead atoms. The molecule has 0 radical (unpaired) electrons. The third-order valence-corrected chi connectivity index (χ3v) is 2.93. The average Bonchev–Trinajstić information content (AvgIpc) is 2.63. The number of hydrogen-bond donors (Lipinski definition) is 1. The molecule has 0 unspecified atom stereocenters. The fraction of sp³-hybridized carbons (Fsp3) is 0.143. The van der Waals surface area contributed by atoms with Gasteiger partial charge >= 0.3 is 0 Å². The lowest BCUT2D eigenvalue weighted by Gasteiger charge is -1.80. The first-order chi connectivity index (χ1) is 5.79. The number of amides is 2. The van der Waals surface area contributed by atoms with Gasteiger partial charge in [0.15, 0.2) is 0 Å². The Labute approximate surface area is 78.1 Å². The largest absolute Gasteiger partial charge is 0.289 e. The van der Waals surface area contributed by atoms with Crippen LogP contribution >= 0.6 is 21.6 Å². The highest BCUT2D eigenvalue weighted by Crippen LogP contribution is 2.27. The minimum absolute atomic E-state index is 0.329. The predicted molar refractivity (Wildman–Crippen MR) is 51.5 cm³/mol. The van der Waals surface area contributed by atoms with E-state index in [2.05, 4.69) is 11.5 Å². The lowest BCUT2D eigenvalue weighted by molar-refractivity contribution is -0.123. The van der Waals surface area contributed by atoms with Crippen LogP contribution in [0.2, 0.25) is 0 Å². The number of carbonyl (C=O) groups is 2. The minimum Gasteiger partial charge on any atom is -0.289 e. The highest BCUT2D eigenvalue weighted by molar-refractivity contribution is 8.78. The molecule has 0 aliphatic carbocycles. The maximum atomic E-state index is 10.0. The van der Waals surface area contributed by atoms with Crippen LogP contribution in [0.4, 0.5) is 0 Å². The summed E-state index contributed by atoms with van der Waals surface area (Å²) in [6.45, 7) is 0. The molecule has 12 heavy (non-hydrogen) atoms. The van der Waals surface area contributed by atoms with Gasteiger partial charge in [0.05, 0.1) is 0 Å². The van der Waals surface area contributed by atoms with Crippen LogP contribution in [0, 0.1) is 0 Å². The van der Waals surface area contributed by atoms with Gasteiger partial charge in [0.25, 0.3) is 11.8 Å². The topological polar surface area (TPSA) is 46.2 Å². The first-order valence-corrected chi connectivity index (χ1v) is 5.63. The summed E-state index contributed by atoms with van der Waals surface area (Å²) in [5.74, 6) is 0.542. The smallest absolute Gasteiger partial charge is 0.250 e. The molecule has 0 atom stereocenters. The molecule has 0 fully saturated rings. The van der Waals surface area contributed by atoms with Crippen LogP contribution in [-0.2, 0) is 9.59 Å². The number of carbonyl (C=O) groups excluding carboxylic acids is 2. The Hall–Kier alpha value is -0.680. The number of nitrogens with one attached hydrogen (secondary N) is 1. The Kier molecular flexibility index (Phi) is 3.96. The van der Waals surface area contributed by atoms with Gasteiger partial charge in [0, 0.05) is 17.9 Å². The monoisotopic (exact) mass is 201 g/mol. The molecule has 5 heteroatoms. The maximum absolute atomic E-state index is 10.0. The summed E-state index contributed by atoms with van der Waals surface area (Å²) < 4.78 is 0. The van der Waals surface area contributed by atoms with E-state index < -0.39 is 0 Å². The Morgan fingerprint density at radius 2 is 1.92 bits per heavy atom. The van der Waals surface area contributed by atoms with Crippen molar-refractivity contribution in [2.24, 2.45) is 0 Å². The van der Waals surface area contributed by atoms with E-state index in [-0.39, 0.29) is 11.8 Å². The molecule has 2 heterocycles. The maximum Gasteiger partial charge on any atom is 0.250 e. The van der Waals surface area contributed by atoms with E-state index >= 15 is 0 Å². The van der Waals surface area contributed by atoms with E-state index in [1.807, 2.05) is 26.9 Å². The Bertz CT molecular complexity index is 226. The second-order valence-corrected chi connectivity index (χ2v) is 4.26. The Balaban J connectivity index is 0.000000127. The number of imide groups is 1. The zero-order chi connectivity index (χ0) is 8.81. The van der Waals surface area contributed by atoms with Crippen molar-refractivity contribution in [3.63, 3.8) is 0 Å². The van der Waals surface area contributed by atoms with Crippen molar-refractivity contribution in [1.29, 1.82) is 0 Å². The van der Waals surface area contributed by atoms with Crippen molar-refractivity contribution in [2.45, 2.75) is 0 Å². The van der Waals surface area contributed by atoms with Crippen LogP contribution in [0.3, 0.4) is 0 Å². The molecular weight excluding hydrogens is 194 g/mol. The summed E-state index contributed by atoms with van der Waals surface area (Å²) in [5.41, 5.74) is 0. The van der Waals surface area contributed by atoms with Gasteiger partial charge in [-0.3, -0.25) is 14.9 Å². The molecule has 3 nitrogen and oxygen atoms in total. The standard InChI is InChI=1S/C4H3NO2.C3H4S2/c6-3-1-2-4(7)5-3;1-2-4-5-3-1/h1-2H,(H,5,6,7);1-2H,3H2. The van der Waals surface area contributed by atoms with Crippen molar-refractivity contribution >= 4 is 33.4 Å². The SMILES string of the molecule is C1=CSSC1.O=C1C=CC(=O)N1. The highest BCUT2D eigenvalue weighted by atomic mass is 33.1. The summed E-state index contributed by atoms with van der Waals surface area (Å²) in [5, 5.41) is 4.14. The van der Waals surface area contributed by atoms with Crippen LogP contribution in [0.1, 0.15) is 0 Å². The first kappa shape index (κ1) is 9.41. The molecule has 1 N–H and O–H groups in total. The molecule has 2 rings (SSSR count). The summed E-state index contributed by atoms with van der Waals surface area (Å²) in [6, 6.07) is 0. The van der Waals surface area contributed by atoms with E-state index in [0.29, 0.717) is 0 Å². The van der Waals surface area contributed by atoms with Crippen molar-refractivity contribution < 1.29 is 9.59 Å². The molecule has 0 spiro atoms. The first-order valence-electron chi connectivity index (χ1n) is 3.25. The lowest BCUT2D eigenvalue weighted by atomic mass is 10.6. The van der Waals surface area contributed by atoms with Gasteiger partial charge in [-0.25, -0.2) is 0 Å². The number of hydrogen-bond acceptors (Lipinski definition) is 4. The third-order valence-electron chi connectivity index (χ3n) is 1.02. The molecular formula is C7H7NO2S2. The summed E-state index contributed by atoms with van der Waals surface area (Å²) in [6.07, 6.45) is 4.56. The van der Waals surface area contributed by atoms with E-state index in [1.54, 1.807) is 0 Å². The summed E-state index contributed by atoms with van der Waals surface area (Å²) in [4.78, 5) is 20.1. The van der Waals surface area contributed by atoms with Crippen molar-refractivity contribution in [3.8, 4) is 0 Å². The summed E-state index contributed by atoms with van der Waals surface area (Å²) >= 11 is 0. The molecule has 2 aliphatic rings. The van der Waals surface area contributed by atoms with Gasteiger partial charge in [-0.05, 0) is 5.41 Å². The van der Waals surface area contributed by atoms with E-state index in [4.69, 9.17) is 0 Å². The molecule has 2 amide bonds. The zero-order valence-corrected chi connectivity index (χ0v) is 7.78. The quantitative estimate of drug-likeness (QED) is 0.471. The van der Waals surface area contributed by atoms with Crippen LogP contribution in [-0.4, -0.2) is 17.6 Å². The number of rotatable bonds is 0. The predicted octanol–water partition coefficient (Wildman–Crippen LogP) is 1.09. The molecule has 0 aromatic heterocycles. The normalized spacial score (nSPS) is 19.0. The fourth-order valence-electron chi connectivity index (χ4n) is 0.553. The van der Waals surface area contributed by atoms with Gasteiger partial charge in [0.1, 0.15) is 0 Å². The average molecular weight is 201 g/mol. The van der Waals surface area contributed by atoms with E-state index in [1.165, 1.54) is 17.9 Å². The van der Waals surface area contributed by atoms with Gasteiger partial charge in [-0.1, -0.05) is 27.7 Å². The summed E-state index contributed by atoms with van der Waals surface area (Å²) in [7, 11) is 3.69. The Morgan fingerprint density at radius 3 is 2.08 bits per heavy atom. The minimum atomic E-state index is -0.329. The van der Waals surface area contributed by atoms with Gasteiger partial charge < -0.3 is 0 Å². The van der Waals surface area contributed by atoms with Crippen LogP contribution in [0.5, 0.6) is 0 Å². The van der Waals surface area contributed by atoms with Crippen molar-refractivity contribution in [1.82, 2.24) is 5.32 Å². The molecule has 0 aromatic rings. The lowest BCUT2D eigenvalue weighted by Crippen LogP contribution is -2.19. The van der Waals surface area contributed by atoms with E-state index in [0.717, 1.165) is 0 Å². The van der Waals surface area contributed by atoms with Crippen molar-refractivity contribution in [2.75, 3.05) is 5.75 Å². The van der Waals surface area contributed by atoms with Crippen molar-refractivity contribution in [3.05, 3.63) is 23.6 Å². The molecule has 2 aliphatic heterocycles. The fourth-order valence-corrected chi connectivity index (χ4v) is 2.12. The van der Waals surface area contributed by atoms with Gasteiger partial charge in [-0.15, -0.1) is 0 Å². The van der Waals surface area contributed by atoms with Gasteiger partial charge in [0.2, 0.25) is 0 Å². The van der Waals surface area contributed by atoms with Crippen LogP contribution in [0.15, 0.2) is 23.6 Å². The molecule has 0 aromatic carbocycles. The zero-order valence-electron chi connectivity index (χ0n) is 6.15. The van der Waals surface area contributed by atoms with Crippen LogP contribution < -0.4 is 5.32 Å². The van der Waals surface area contributed by atoms with E-state index in [9.17, 15) is 9.59 Å². The Morgan fingerprint density at radius 1 is 1.25 bits per heavy atom. The van der Waals surface area contributed by atoms with Crippen LogP contribution in [0.25, 0.3) is 0 Å². The highest BCUT2D eigenvalue weighted by Gasteiger charge is 2.06. The van der Waals surface area contributed by atoms with Gasteiger partial charge in [-0.2, -0.15) is 0 Å². The molecule has 0 saturated carbocycles. The third kappa shape index (κ3) is 3.64. The second-order valence-electron chi connectivity index (χ2n) is 1.94. The second kappa shape index (κ2) is 5.05.